The van der Waals surface area contributed by atoms with E-state index in [1.165, 1.54) is 4.90 Å². The predicted octanol–water partition coefficient (Wildman–Crippen LogP) is 3.86. The number of fused-ring (bicyclic) bond motifs is 4. The SMILES string of the molecule is CCCN1C(=O)C2Cc3c([nH]c4ccccc34)C(c3ccccc3)N2C1=O. The smallest absolute Gasteiger partial charge is 0.328 e. The summed E-state index contributed by atoms with van der Waals surface area (Å²) in [5, 5.41) is 1.14. The van der Waals surface area contributed by atoms with Crippen molar-refractivity contribution in [2.75, 3.05) is 6.54 Å². The highest BCUT2D eigenvalue weighted by Gasteiger charge is 2.52. The van der Waals surface area contributed by atoms with E-state index in [4.69, 9.17) is 0 Å². The maximum atomic E-state index is 13.2. The number of carbonyl (C=O) groups is 2. The monoisotopic (exact) mass is 359 g/mol. The van der Waals surface area contributed by atoms with Crippen LogP contribution in [0, 0.1) is 0 Å². The maximum absolute atomic E-state index is 13.2. The van der Waals surface area contributed by atoms with Gasteiger partial charge < -0.3 is 4.98 Å². The topological polar surface area (TPSA) is 56.4 Å². The first kappa shape index (κ1) is 16.1. The Balaban J connectivity index is 1.73. The molecular weight excluding hydrogens is 338 g/mol. The second kappa shape index (κ2) is 5.98. The van der Waals surface area contributed by atoms with Crippen molar-refractivity contribution in [1.29, 1.82) is 0 Å². The van der Waals surface area contributed by atoms with E-state index in [1.54, 1.807) is 4.90 Å². The molecule has 27 heavy (non-hydrogen) atoms. The molecule has 2 atom stereocenters. The van der Waals surface area contributed by atoms with Gasteiger partial charge in [0.2, 0.25) is 0 Å². The zero-order valence-electron chi connectivity index (χ0n) is 15.2. The molecule has 0 spiro atoms. The molecule has 0 bridgehead atoms. The lowest BCUT2D eigenvalue weighted by Crippen LogP contribution is -2.44. The number of hydrogen-bond donors (Lipinski definition) is 1. The minimum absolute atomic E-state index is 0.0706. The minimum atomic E-state index is -0.430. The van der Waals surface area contributed by atoms with Crippen LogP contribution in [0.25, 0.3) is 10.9 Å². The highest BCUT2D eigenvalue weighted by atomic mass is 16.2. The van der Waals surface area contributed by atoms with Crippen molar-refractivity contribution in [1.82, 2.24) is 14.8 Å². The lowest BCUT2D eigenvalue weighted by molar-refractivity contribution is -0.128. The Labute approximate surface area is 157 Å². The standard InChI is InChI=1S/C22H21N3O2/c1-2-12-24-21(26)18-13-16-15-10-6-7-11-17(15)23-19(16)20(25(18)22(24)27)14-8-4-3-5-9-14/h3-11,18,20,23H,2,12-13H2,1H3. The van der Waals surface area contributed by atoms with E-state index in [1.807, 2.05) is 55.5 Å². The van der Waals surface area contributed by atoms with E-state index >= 15 is 0 Å². The first-order chi connectivity index (χ1) is 13.2. The molecule has 1 fully saturated rings. The van der Waals surface area contributed by atoms with Crippen LogP contribution in [0.2, 0.25) is 0 Å². The number of amides is 3. The van der Waals surface area contributed by atoms with Crippen LogP contribution in [-0.2, 0) is 11.2 Å². The fraction of sp³-hybridized carbons (Fsp3) is 0.273. The Bertz CT molecular complexity index is 1040. The number of carbonyl (C=O) groups excluding carboxylic acids is 2. The average Bonchev–Trinajstić information content (AvgIpc) is 3.18. The number of rotatable bonds is 3. The van der Waals surface area contributed by atoms with Gasteiger partial charge in [0.05, 0.1) is 0 Å². The van der Waals surface area contributed by atoms with Crippen molar-refractivity contribution in [3.05, 3.63) is 71.4 Å². The summed E-state index contributed by atoms with van der Waals surface area (Å²) >= 11 is 0. The zero-order valence-corrected chi connectivity index (χ0v) is 15.2. The minimum Gasteiger partial charge on any atom is -0.356 e. The molecular formula is C22H21N3O2. The Morgan fingerprint density at radius 3 is 2.56 bits per heavy atom. The van der Waals surface area contributed by atoms with E-state index in [0.717, 1.165) is 34.1 Å². The predicted molar refractivity (Wildman–Crippen MR) is 103 cm³/mol. The first-order valence-electron chi connectivity index (χ1n) is 9.48. The van der Waals surface area contributed by atoms with E-state index in [9.17, 15) is 9.59 Å². The number of aromatic nitrogens is 1. The van der Waals surface area contributed by atoms with Crippen molar-refractivity contribution >= 4 is 22.8 Å². The third-order valence-electron chi connectivity index (χ3n) is 5.70. The number of para-hydroxylation sites is 1. The van der Waals surface area contributed by atoms with Gasteiger partial charge in [0.15, 0.2) is 0 Å². The molecule has 2 aliphatic rings. The van der Waals surface area contributed by atoms with Gasteiger partial charge in [-0.3, -0.25) is 14.6 Å². The molecule has 0 radical (unpaired) electrons. The summed E-state index contributed by atoms with van der Waals surface area (Å²) < 4.78 is 0. The molecule has 0 saturated carbocycles. The van der Waals surface area contributed by atoms with Crippen LogP contribution < -0.4 is 0 Å². The summed E-state index contributed by atoms with van der Waals surface area (Å²) in [5.41, 5.74) is 4.25. The summed E-state index contributed by atoms with van der Waals surface area (Å²) in [4.78, 5) is 32.9. The van der Waals surface area contributed by atoms with E-state index in [-0.39, 0.29) is 18.0 Å². The second-order valence-electron chi connectivity index (χ2n) is 7.28. The van der Waals surface area contributed by atoms with E-state index in [2.05, 4.69) is 11.1 Å². The van der Waals surface area contributed by atoms with Gasteiger partial charge in [-0.2, -0.15) is 0 Å². The molecule has 2 unspecified atom stereocenters. The molecule has 3 aromatic rings. The summed E-state index contributed by atoms with van der Waals surface area (Å²) in [5.74, 6) is -0.0706. The quantitative estimate of drug-likeness (QED) is 0.722. The number of nitrogens with one attached hydrogen (secondary N) is 1. The number of H-pyrrole nitrogens is 1. The van der Waals surface area contributed by atoms with Crippen molar-refractivity contribution in [3.8, 4) is 0 Å². The molecule has 5 nitrogen and oxygen atoms in total. The van der Waals surface area contributed by atoms with Gasteiger partial charge in [0.25, 0.3) is 5.91 Å². The summed E-state index contributed by atoms with van der Waals surface area (Å²) in [6, 6.07) is 17.3. The van der Waals surface area contributed by atoms with Gasteiger partial charge in [0, 0.05) is 29.6 Å². The van der Waals surface area contributed by atoms with Crippen LogP contribution in [0.5, 0.6) is 0 Å². The van der Waals surface area contributed by atoms with Gasteiger partial charge in [-0.05, 0) is 23.6 Å². The number of aromatic amines is 1. The molecule has 1 N–H and O–H groups in total. The van der Waals surface area contributed by atoms with Crippen molar-refractivity contribution < 1.29 is 9.59 Å². The van der Waals surface area contributed by atoms with Crippen LogP contribution in [-0.4, -0.2) is 39.3 Å². The molecule has 5 rings (SSSR count). The number of nitrogens with zero attached hydrogens (tertiary/aromatic N) is 2. The molecule has 0 aliphatic carbocycles. The lowest BCUT2D eigenvalue weighted by atomic mass is 9.89. The molecule has 1 aromatic heterocycles. The Hall–Kier alpha value is -3.08. The number of urea groups is 1. The Kier molecular flexibility index (Phi) is 3.57. The summed E-state index contributed by atoms with van der Waals surface area (Å²) in [7, 11) is 0. The number of imide groups is 1. The van der Waals surface area contributed by atoms with E-state index in [0.29, 0.717) is 13.0 Å². The van der Waals surface area contributed by atoms with Crippen LogP contribution >= 0.6 is 0 Å². The summed E-state index contributed by atoms with van der Waals surface area (Å²) in [6.07, 6.45) is 1.33. The normalized spacial score (nSPS) is 21.7. The van der Waals surface area contributed by atoms with Gasteiger partial charge in [0.1, 0.15) is 12.1 Å². The molecule has 136 valence electrons. The second-order valence-corrected chi connectivity index (χ2v) is 7.28. The van der Waals surface area contributed by atoms with Gasteiger partial charge >= 0.3 is 6.03 Å². The summed E-state index contributed by atoms with van der Waals surface area (Å²) in [6.45, 7) is 2.46. The maximum Gasteiger partial charge on any atom is 0.328 e. The third-order valence-corrected chi connectivity index (χ3v) is 5.70. The van der Waals surface area contributed by atoms with E-state index < -0.39 is 6.04 Å². The molecule has 1 saturated heterocycles. The van der Waals surface area contributed by atoms with Crippen LogP contribution in [0.3, 0.4) is 0 Å². The fourth-order valence-electron chi connectivity index (χ4n) is 4.54. The highest BCUT2D eigenvalue weighted by molar-refractivity contribution is 6.05. The van der Waals surface area contributed by atoms with Crippen molar-refractivity contribution in [2.24, 2.45) is 0 Å². The van der Waals surface area contributed by atoms with Crippen LogP contribution in [0.1, 0.15) is 36.2 Å². The number of benzene rings is 2. The molecule has 3 heterocycles. The zero-order chi connectivity index (χ0) is 18.5. The lowest BCUT2D eigenvalue weighted by Gasteiger charge is -2.36. The average molecular weight is 359 g/mol. The number of hydrogen-bond acceptors (Lipinski definition) is 2. The largest absolute Gasteiger partial charge is 0.356 e. The fourth-order valence-corrected chi connectivity index (χ4v) is 4.54. The molecule has 2 aromatic carbocycles. The van der Waals surface area contributed by atoms with Crippen LogP contribution in [0.4, 0.5) is 4.79 Å². The van der Waals surface area contributed by atoms with Gasteiger partial charge in [-0.15, -0.1) is 0 Å². The van der Waals surface area contributed by atoms with Gasteiger partial charge in [-0.1, -0.05) is 55.5 Å². The van der Waals surface area contributed by atoms with Crippen LogP contribution in [0.15, 0.2) is 54.6 Å². The molecule has 5 heteroatoms. The Morgan fingerprint density at radius 2 is 1.78 bits per heavy atom. The Morgan fingerprint density at radius 1 is 1.04 bits per heavy atom. The third kappa shape index (κ3) is 2.24. The molecule has 3 amide bonds. The highest BCUT2D eigenvalue weighted by Crippen LogP contribution is 2.43. The van der Waals surface area contributed by atoms with Gasteiger partial charge in [-0.25, -0.2) is 4.79 Å². The van der Waals surface area contributed by atoms with Crippen molar-refractivity contribution in [2.45, 2.75) is 31.8 Å². The van der Waals surface area contributed by atoms with Crippen molar-refractivity contribution in [3.63, 3.8) is 0 Å². The first-order valence-corrected chi connectivity index (χ1v) is 9.48. The molecule has 2 aliphatic heterocycles.